The zero-order valence-corrected chi connectivity index (χ0v) is 18.7. The van der Waals surface area contributed by atoms with Crippen molar-refractivity contribution in [2.75, 3.05) is 12.9 Å². The first-order chi connectivity index (χ1) is 16.2. The van der Waals surface area contributed by atoms with E-state index in [0.717, 1.165) is 45.7 Å². The highest BCUT2D eigenvalue weighted by molar-refractivity contribution is 7.99. The van der Waals surface area contributed by atoms with Crippen molar-refractivity contribution in [1.29, 1.82) is 0 Å². The lowest BCUT2D eigenvalue weighted by atomic mass is 10.2. The summed E-state index contributed by atoms with van der Waals surface area (Å²) in [7, 11) is 1.64. The Bertz CT molecular complexity index is 1420. The molecule has 5 aromatic rings. The molecular formula is C24H21N5O3S. The number of hydrogen-bond donors (Lipinski definition) is 0. The molecule has 5 rings (SSSR count). The Morgan fingerprint density at radius 1 is 1.00 bits per heavy atom. The van der Waals surface area contributed by atoms with Gasteiger partial charge < -0.3 is 9.15 Å². The van der Waals surface area contributed by atoms with Gasteiger partial charge in [0.25, 0.3) is 0 Å². The summed E-state index contributed by atoms with van der Waals surface area (Å²) in [5, 5.41) is 9.68. The van der Waals surface area contributed by atoms with Crippen LogP contribution in [0.15, 0.2) is 87.4 Å². The van der Waals surface area contributed by atoms with Crippen LogP contribution in [0.1, 0.15) is 6.42 Å². The smallest absolute Gasteiger partial charge is 0.419 e. The number of nitrogens with zero attached hydrogens (tertiary/aromatic N) is 5. The Kier molecular flexibility index (Phi) is 5.95. The number of para-hydroxylation sites is 2. The van der Waals surface area contributed by atoms with Gasteiger partial charge in [-0.15, -0.1) is 10.2 Å². The van der Waals surface area contributed by atoms with E-state index in [1.54, 1.807) is 41.9 Å². The maximum Gasteiger partial charge on any atom is 0.419 e. The SMILES string of the molecule is COc1ccc(-n2c(SCCCn3c(=O)oc4ccccc43)nnc2-c2ccncc2)cc1. The number of hydrogen-bond acceptors (Lipinski definition) is 7. The summed E-state index contributed by atoms with van der Waals surface area (Å²) in [5.74, 6) is 1.95. The molecule has 0 saturated heterocycles. The minimum atomic E-state index is -0.331. The van der Waals surface area contributed by atoms with Crippen LogP contribution in [-0.2, 0) is 6.54 Å². The van der Waals surface area contributed by atoms with Crippen molar-refractivity contribution in [1.82, 2.24) is 24.3 Å². The second kappa shape index (κ2) is 9.33. The number of methoxy groups -OCH3 is 1. The van der Waals surface area contributed by atoms with Gasteiger partial charge in [-0.05, 0) is 55.0 Å². The van der Waals surface area contributed by atoms with Gasteiger partial charge in [-0.2, -0.15) is 0 Å². The first kappa shape index (κ1) is 21.0. The van der Waals surface area contributed by atoms with E-state index in [-0.39, 0.29) is 5.76 Å². The Labute approximate surface area is 193 Å². The number of benzene rings is 2. The molecule has 3 aromatic heterocycles. The normalized spacial score (nSPS) is 11.2. The third-order valence-electron chi connectivity index (χ3n) is 5.23. The molecule has 0 fully saturated rings. The van der Waals surface area contributed by atoms with E-state index in [0.29, 0.717) is 12.1 Å². The van der Waals surface area contributed by atoms with E-state index < -0.39 is 0 Å². The van der Waals surface area contributed by atoms with Crippen LogP contribution in [0.2, 0.25) is 0 Å². The molecule has 0 radical (unpaired) electrons. The zero-order chi connectivity index (χ0) is 22.6. The number of thioether (sulfide) groups is 1. The molecule has 166 valence electrons. The average molecular weight is 460 g/mol. The molecule has 0 aliphatic rings. The fourth-order valence-electron chi connectivity index (χ4n) is 3.63. The summed E-state index contributed by atoms with van der Waals surface area (Å²) in [4.78, 5) is 16.3. The third-order valence-corrected chi connectivity index (χ3v) is 6.25. The number of aryl methyl sites for hydroxylation is 1. The number of aromatic nitrogens is 5. The summed E-state index contributed by atoms with van der Waals surface area (Å²) < 4.78 is 14.3. The summed E-state index contributed by atoms with van der Waals surface area (Å²) in [6.07, 6.45) is 4.25. The van der Waals surface area contributed by atoms with Crippen LogP contribution >= 0.6 is 11.8 Å². The molecule has 2 aromatic carbocycles. The maximum absolute atomic E-state index is 12.2. The largest absolute Gasteiger partial charge is 0.497 e. The van der Waals surface area contributed by atoms with Crippen molar-refractivity contribution >= 4 is 22.9 Å². The van der Waals surface area contributed by atoms with Gasteiger partial charge in [0.05, 0.1) is 12.6 Å². The lowest BCUT2D eigenvalue weighted by molar-refractivity contribution is 0.414. The lowest BCUT2D eigenvalue weighted by Gasteiger charge is -2.11. The van der Waals surface area contributed by atoms with Crippen molar-refractivity contribution in [3.63, 3.8) is 0 Å². The second-order valence-corrected chi connectivity index (χ2v) is 8.33. The van der Waals surface area contributed by atoms with Gasteiger partial charge in [0, 0.05) is 35.9 Å². The highest BCUT2D eigenvalue weighted by Gasteiger charge is 2.16. The summed E-state index contributed by atoms with van der Waals surface area (Å²) in [5.41, 5.74) is 3.29. The fraction of sp³-hybridized carbons (Fsp3) is 0.167. The molecule has 0 amide bonds. The Morgan fingerprint density at radius 3 is 2.58 bits per heavy atom. The predicted molar refractivity (Wildman–Crippen MR) is 127 cm³/mol. The average Bonchev–Trinajstić information content (AvgIpc) is 3.43. The van der Waals surface area contributed by atoms with Gasteiger partial charge in [-0.25, -0.2) is 4.79 Å². The van der Waals surface area contributed by atoms with Gasteiger partial charge in [-0.3, -0.25) is 14.1 Å². The Balaban J connectivity index is 1.38. The highest BCUT2D eigenvalue weighted by atomic mass is 32.2. The van der Waals surface area contributed by atoms with Crippen LogP contribution in [-0.4, -0.2) is 37.2 Å². The molecule has 0 N–H and O–H groups in total. The van der Waals surface area contributed by atoms with Crippen molar-refractivity contribution < 1.29 is 9.15 Å². The van der Waals surface area contributed by atoms with E-state index >= 15 is 0 Å². The summed E-state index contributed by atoms with van der Waals surface area (Å²) in [6.45, 7) is 0.566. The van der Waals surface area contributed by atoms with E-state index in [1.165, 1.54) is 0 Å². The van der Waals surface area contributed by atoms with Crippen LogP contribution in [0, 0.1) is 0 Å². The molecule has 8 nitrogen and oxygen atoms in total. The molecule has 33 heavy (non-hydrogen) atoms. The van der Waals surface area contributed by atoms with Crippen LogP contribution in [0.5, 0.6) is 5.75 Å². The number of ether oxygens (including phenoxy) is 1. The first-order valence-corrected chi connectivity index (χ1v) is 11.4. The monoisotopic (exact) mass is 459 g/mol. The number of rotatable bonds is 8. The van der Waals surface area contributed by atoms with Crippen LogP contribution in [0.4, 0.5) is 0 Å². The van der Waals surface area contributed by atoms with Crippen molar-refractivity contribution in [3.8, 4) is 22.8 Å². The predicted octanol–water partition coefficient (Wildman–Crippen LogP) is 4.43. The van der Waals surface area contributed by atoms with Crippen molar-refractivity contribution in [3.05, 3.63) is 83.6 Å². The molecule has 9 heteroatoms. The van der Waals surface area contributed by atoms with E-state index in [2.05, 4.69) is 15.2 Å². The van der Waals surface area contributed by atoms with Crippen molar-refractivity contribution in [2.45, 2.75) is 18.1 Å². The Morgan fingerprint density at radius 2 is 1.79 bits per heavy atom. The Hall–Kier alpha value is -3.85. The molecule has 0 saturated carbocycles. The summed E-state index contributed by atoms with van der Waals surface area (Å²) >= 11 is 1.60. The lowest BCUT2D eigenvalue weighted by Crippen LogP contribution is -2.14. The quantitative estimate of drug-likeness (QED) is 0.251. The minimum absolute atomic E-state index is 0.331. The van der Waals surface area contributed by atoms with Gasteiger partial charge in [-0.1, -0.05) is 23.9 Å². The van der Waals surface area contributed by atoms with E-state index in [9.17, 15) is 4.79 Å². The van der Waals surface area contributed by atoms with E-state index in [1.807, 2.05) is 59.2 Å². The van der Waals surface area contributed by atoms with Gasteiger partial charge in [0.1, 0.15) is 5.75 Å². The number of oxazole rings is 1. The molecule has 0 aliphatic carbocycles. The van der Waals surface area contributed by atoms with E-state index in [4.69, 9.17) is 9.15 Å². The first-order valence-electron chi connectivity index (χ1n) is 10.5. The molecule has 0 bridgehead atoms. The standard InChI is InChI=1S/C24H21N5O3S/c1-31-19-9-7-18(8-10-19)29-22(17-11-13-25-14-12-17)26-27-23(29)33-16-4-15-28-20-5-2-3-6-21(20)32-24(28)30/h2-3,5-14H,4,15-16H2,1H3. The zero-order valence-electron chi connectivity index (χ0n) is 17.9. The molecule has 3 heterocycles. The van der Waals surface area contributed by atoms with Gasteiger partial charge in [0.2, 0.25) is 0 Å². The highest BCUT2D eigenvalue weighted by Crippen LogP contribution is 2.29. The molecule has 0 spiro atoms. The number of fused-ring (bicyclic) bond motifs is 1. The number of pyridine rings is 1. The topological polar surface area (TPSA) is 88.0 Å². The molecule has 0 aliphatic heterocycles. The maximum atomic E-state index is 12.2. The summed E-state index contributed by atoms with van der Waals surface area (Å²) in [6, 6.07) is 19.1. The van der Waals surface area contributed by atoms with Crippen LogP contribution in [0.3, 0.4) is 0 Å². The fourth-order valence-corrected chi connectivity index (χ4v) is 4.50. The van der Waals surface area contributed by atoms with Gasteiger partial charge >= 0.3 is 5.76 Å². The van der Waals surface area contributed by atoms with Gasteiger partial charge in [0.15, 0.2) is 16.6 Å². The molecule has 0 atom stereocenters. The molecule has 0 unspecified atom stereocenters. The third kappa shape index (κ3) is 4.27. The molecular weight excluding hydrogens is 438 g/mol. The minimum Gasteiger partial charge on any atom is -0.497 e. The second-order valence-electron chi connectivity index (χ2n) is 7.26. The van der Waals surface area contributed by atoms with Crippen LogP contribution < -0.4 is 10.5 Å². The van der Waals surface area contributed by atoms with Crippen molar-refractivity contribution in [2.24, 2.45) is 0 Å². The van der Waals surface area contributed by atoms with Crippen LogP contribution in [0.25, 0.3) is 28.2 Å².